The molecule has 0 bridgehead atoms. The molecule has 0 fully saturated rings. The van der Waals surface area contributed by atoms with E-state index in [2.05, 4.69) is 0 Å². The van der Waals surface area contributed by atoms with E-state index in [-0.39, 0.29) is 14.9 Å². The van der Waals surface area contributed by atoms with Crippen molar-refractivity contribution in [2.75, 3.05) is 19.8 Å². The second-order valence-electron chi connectivity index (χ2n) is 7.66. The second-order valence-corrected chi connectivity index (χ2v) is 7.66. The molecule has 0 aromatic heterocycles. The van der Waals surface area contributed by atoms with Gasteiger partial charge in [0.1, 0.15) is 0 Å². The summed E-state index contributed by atoms with van der Waals surface area (Å²) in [6.45, 7) is -2.46. The number of carbonyl (C=O) groups excluding carboxylic acids is 7. The molecule has 180 valence electrons. The van der Waals surface area contributed by atoms with Crippen molar-refractivity contribution >= 4 is 41.4 Å². The highest BCUT2D eigenvalue weighted by molar-refractivity contribution is 6.21. The van der Waals surface area contributed by atoms with Gasteiger partial charge in [0.25, 0.3) is 35.4 Å². The molecule has 0 saturated heterocycles. The average molecular weight is 477 g/mol. The molecule has 0 aliphatic carbocycles. The molecule has 14 heteroatoms. The van der Waals surface area contributed by atoms with E-state index in [1.165, 1.54) is 0 Å². The first-order valence-electron chi connectivity index (χ1n) is 9.80. The van der Waals surface area contributed by atoms with Crippen LogP contribution in [0, 0.1) is 5.41 Å². The number of aliphatic hydroxyl groups is 3. The van der Waals surface area contributed by atoms with Gasteiger partial charge in [-0.3, -0.25) is 28.8 Å². The van der Waals surface area contributed by atoms with Crippen molar-refractivity contribution in [2.45, 2.75) is 18.5 Å². The molecule has 14 nitrogen and oxygen atoms in total. The van der Waals surface area contributed by atoms with Gasteiger partial charge in [0.15, 0.2) is 0 Å². The quantitative estimate of drug-likeness (QED) is 0.266. The zero-order chi connectivity index (χ0) is 25.3. The molecule has 34 heavy (non-hydrogen) atoms. The molecule has 0 aromatic rings. The van der Waals surface area contributed by atoms with E-state index in [1.807, 2.05) is 0 Å². The molecular weight excluding hydrogens is 458 g/mol. The van der Waals surface area contributed by atoms with Gasteiger partial charge in [-0.1, -0.05) is 5.06 Å². The van der Waals surface area contributed by atoms with Gasteiger partial charge in [0, 0.05) is 48.3 Å². The smallest absolute Gasteiger partial charge is 0.380 e. The molecule has 3 heterocycles. The third-order valence-electron chi connectivity index (χ3n) is 5.64. The molecule has 0 saturated carbocycles. The van der Waals surface area contributed by atoms with Crippen molar-refractivity contribution in [3.8, 4) is 0 Å². The molecular formula is C20H19N3O11. The van der Waals surface area contributed by atoms with E-state index in [4.69, 9.17) is 4.84 Å². The van der Waals surface area contributed by atoms with Gasteiger partial charge in [0.2, 0.25) is 5.66 Å². The minimum Gasteiger partial charge on any atom is -0.396 e. The Labute approximate surface area is 190 Å². The Morgan fingerprint density at radius 1 is 0.647 bits per heavy atom. The van der Waals surface area contributed by atoms with E-state index in [1.54, 1.807) is 0 Å². The Bertz CT molecular complexity index is 965. The van der Waals surface area contributed by atoms with E-state index < -0.39 is 85.2 Å². The Hall–Kier alpha value is -4.01. The Morgan fingerprint density at radius 3 is 1.35 bits per heavy atom. The van der Waals surface area contributed by atoms with Crippen molar-refractivity contribution in [2.24, 2.45) is 5.41 Å². The van der Waals surface area contributed by atoms with Crippen LogP contribution in [0.1, 0.15) is 12.8 Å². The standard InChI is InChI=1S/C20H19N3O11/c24-9-19(10-25,11-26)7-8-20(21-12(27)1-2-13(21)28,22-14(29)3-4-15(22)30)18(33)34-23-16(31)5-6-17(23)32/h1-6,24-26H,7-11H2. The van der Waals surface area contributed by atoms with Gasteiger partial charge in [-0.25, -0.2) is 14.6 Å². The molecule has 6 amide bonds. The number of hydrogen-bond acceptors (Lipinski definition) is 11. The lowest BCUT2D eigenvalue weighted by Crippen LogP contribution is -2.70. The topological polar surface area (TPSA) is 199 Å². The normalized spacial score (nSPS) is 18.4. The molecule has 3 aliphatic heterocycles. The molecule has 3 N–H and O–H groups in total. The zero-order valence-electron chi connectivity index (χ0n) is 17.4. The first kappa shape index (κ1) is 24.6. The van der Waals surface area contributed by atoms with Crippen LogP contribution in [0.5, 0.6) is 0 Å². The summed E-state index contributed by atoms with van der Waals surface area (Å²) in [6.07, 6.45) is 3.22. The SMILES string of the molecule is O=C1C=CC(=O)N1OC(=O)C(CCC(CO)(CO)CO)(N1C(=O)C=CC1=O)N1C(=O)C=CC1=O. The highest BCUT2D eigenvalue weighted by Gasteiger charge is 2.61. The summed E-state index contributed by atoms with van der Waals surface area (Å²) in [4.78, 5) is 93.3. The number of carbonyl (C=O) groups is 7. The van der Waals surface area contributed by atoms with Crippen LogP contribution in [-0.2, 0) is 38.4 Å². The fourth-order valence-electron chi connectivity index (χ4n) is 3.60. The summed E-state index contributed by atoms with van der Waals surface area (Å²) < 4.78 is 0. The summed E-state index contributed by atoms with van der Waals surface area (Å²) in [6, 6.07) is 0. The van der Waals surface area contributed by atoms with E-state index >= 15 is 0 Å². The lowest BCUT2D eigenvalue weighted by molar-refractivity contribution is -0.215. The van der Waals surface area contributed by atoms with Crippen molar-refractivity contribution in [3.05, 3.63) is 36.5 Å². The second kappa shape index (κ2) is 9.09. The van der Waals surface area contributed by atoms with Crippen LogP contribution >= 0.6 is 0 Å². The van der Waals surface area contributed by atoms with Crippen LogP contribution < -0.4 is 0 Å². The van der Waals surface area contributed by atoms with Crippen LogP contribution in [0.3, 0.4) is 0 Å². The number of aliphatic hydroxyl groups excluding tert-OH is 3. The first-order valence-corrected chi connectivity index (χ1v) is 9.80. The lowest BCUT2D eigenvalue weighted by Gasteiger charge is -2.44. The van der Waals surface area contributed by atoms with E-state index in [0.717, 1.165) is 36.5 Å². The fourth-order valence-corrected chi connectivity index (χ4v) is 3.60. The van der Waals surface area contributed by atoms with Crippen LogP contribution in [0.4, 0.5) is 0 Å². The Morgan fingerprint density at radius 2 is 1.00 bits per heavy atom. The van der Waals surface area contributed by atoms with Gasteiger partial charge >= 0.3 is 5.97 Å². The van der Waals surface area contributed by atoms with Gasteiger partial charge in [-0.05, 0) is 6.42 Å². The average Bonchev–Trinajstić information content (AvgIpc) is 3.45. The highest BCUT2D eigenvalue weighted by Crippen LogP contribution is 2.37. The van der Waals surface area contributed by atoms with Crippen molar-refractivity contribution in [1.82, 2.24) is 14.9 Å². The zero-order valence-corrected chi connectivity index (χ0v) is 17.4. The maximum Gasteiger partial charge on any atom is 0.380 e. The monoisotopic (exact) mass is 477 g/mol. The van der Waals surface area contributed by atoms with Crippen LogP contribution in [-0.4, -0.2) is 97.1 Å². The molecule has 0 aromatic carbocycles. The van der Waals surface area contributed by atoms with E-state index in [9.17, 15) is 48.9 Å². The minimum atomic E-state index is -2.89. The fraction of sp³-hybridized carbons (Fsp3) is 0.350. The molecule has 3 rings (SSSR count). The number of amides is 6. The van der Waals surface area contributed by atoms with Gasteiger partial charge < -0.3 is 20.2 Å². The Kier molecular flexibility index (Phi) is 6.58. The summed E-state index contributed by atoms with van der Waals surface area (Å²) in [5, 5.41) is 29.1. The number of nitrogens with zero attached hydrogens (tertiary/aromatic N) is 3. The van der Waals surface area contributed by atoms with Gasteiger partial charge in [-0.15, -0.1) is 0 Å². The number of imide groups is 3. The largest absolute Gasteiger partial charge is 0.396 e. The Balaban J connectivity index is 2.16. The van der Waals surface area contributed by atoms with Crippen LogP contribution in [0.15, 0.2) is 36.5 Å². The van der Waals surface area contributed by atoms with Gasteiger partial charge in [-0.2, -0.15) is 0 Å². The third kappa shape index (κ3) is 3.83. The lowest BCUT2D eigenvalue weighted by atomic mass is 9.82. The maximum absolute atomic E-state index is 13.5. The number of hydroxylamine groups is 2. The summed E-state index contributed by atoms with van der Waals surface area (Å²) >= 11 is 0. The third-order valence-corrected chi connectivity index (χ3v) is 5.64. The predicted octanol–water partition coefficient (Wildman–Crippen LogP) is -3.34. The van der Waals surface area contributed by atoms with Crippen molar-refractivity contribution < 1.29 is 53.7 Å². The molecule has 0 radical (unpaired) electrons. The van der Waals surface area contributed by atoms with Crippen LogP contribution in [0.2, 0.25) is 0 Å². The predicted molar refractivity (Wildman–Crippen MR) is 105 cm³/mol. The van der Waals surface area contributed by atoms with Crippen molar-refractivity contribution in [3.63, 3.8) is 0 Å². The number of hydrogen-bond donors (Lipinski definition) is 3. The summed E-state index contributed by atoms with van der Waals surface area (Å²) in [5.74, 6) is -8.39. The van der Waals surface area contributed by atoms with Crippen LogP contribution in [0.25, 0.3) is 0 Å². The molecule has 0 spiro atoms. The molecule has 0 unspecified atom stereocenters. The summed E-state index contributed by atoms with van der Waals surface area (Å²) in [5.41, 5.74) is -4.56. The highest BCUT2D eigenvalue weighted by atomic mass is 16.7. The summed E-state index contributed by atoms with van der Waals surface area (Å²) in [7, 11) is 0. The van der Waals surface area contributed by atoms with Gasteiger partial charge in [0.05, 0.1) is 19.8 Å². The number of rotatable bonds is 10. The van der Waals surface area contributed by atoms with Crippen molar-refractivity contribution in [1.29, 1.82) is 0 Å². The van der Waals surface area contributed by atoms with E-state index in [0.29, 0.717) is 0 Å². The minimum absolute atomic E-state index is 0.00533. The maximum atomic E-state index is 13.5. The first-order chi connectivity index (χ1) is 16.1. The molecule has 3 aliphatic rings. The molecule has 0 atom stereocenters.